The van der Waals surface area contributed by atoms with Gasteiger partial charge in [0, 0.05) is 11.5 Å². The van der Waals surface area contributed by atoms with Gasteiger partial charge in [0.05, 0.1) is 14.2 Å². The Kier molecular flexibility index (Phi) is 13.8. The zero-order valence-electron chi connectivity index (χ0n) is 19.3. The molecule has 2 N–H and O–H groups in total. The van der Waals surface area contributed by atoms with Gasteiger partial charge in [-0.05, 0) is 36.8 Å². The normalized spacial score (nSPS) is 9.85. The van der Waals surface area contributed by atoms with Gasteiger partial charge in [-0.15, -0.1) is 12.1 Å². The molecule has 3 nitrogen and oxygen atoms in total. The van der Waals surface area contributed by atoms with E-state index in [2.05, 4.69) is 128 Å². The number of benzene rings is 4. The van der Waals surface area contributed by atoms with E-state index in [1.165, 1.54) is 15.9 Å². The van der Waals surface area contributed by atoms with Crippen molar-refractivity contribution in [2.45, 2.75) is 6.42 Å². The zero-order chi connectivity index (χ0) is 24.6. The molecule has 0 bridgehead atoms. The van der Waals surface area contributed by atoms with Crippen molar-refractivity contribution in [2.75, 3.05) is 20.8 Å². The average Bonchev–Trinajstić information content (AvgIpc) is 2.92. The van der Waals surface area contributed by atoms with Gasteiger partial charge in [0.15, 0.2) is 0 Å². The largest absolute Gasteiger partial charge is 0.0622 e. The van der Waals surface area contributed by atoms with Gasteiger partial charge in [-0.25, -0.2) is 0 Å². The Morgan fingerprint density at radius 1 is 0.706 bits per heavy atom. The van der Waals surface area contributed by atoms with Crippen molar-refractivity contribution in [1.29, 1.82) is 0 Å². The molecule has 0 aliphatic rings. The van der Waals surface area contributed by atoms with E-state index in [9.17, 15) is 0 Å². The average molecular weight is 629 g/mol. The quantitative estimate of drug-likeness (QED) is 0.172. The molecule has 34 heavy (non-hydrogen) atoms. The van der Waals surface area contributed by atoms with Crippen molar-refractivity contribution in [2.24, 2.45) is 5.73 Å². The third kappa shape index (κ3) is 8.66. The van der Waals surface area contributed by atoms with Crippen LogP contribution in [-0.2, 0) is 23.6 Å². The summed E-state index contributed by atoms with van der Waals surface area (Å²) in [5, 5.41) is 4.19. The second-order valence-corrected chi connectivity index (χ2v) is 9.19. The number of hydrogen-bond acceptors (Lipinski definition) is 3. The van der Waals surface area contributed by atoms with Crippen LogP contribution >= 0.6 is 21.4 Å². The summed E-state index contributed by atoms with van der Waals surface area (Å²) in [5.41, 5.74) is 6.47. The number of halogens is 1. The number of nitrogens with two attached hydrogens (primary N) is 1. The number of methoxy groups -OCH3 is 2. The van der Waals surface area contributed by atoms with Gasteiger partial charge < -0.3 is 15.2 Å². The molecule has 0 amide bonds. The molecule has 4 rings (SSSR count). The minimum atomic E-state index is -0.446. The molecule has 0 aliphatic heterocycles. The number of ether oxygens (including phenoxy) is 2. The Hall–Kier alpha value is -1.99. The predicted molar refractivity (Wildman–Crippen MR) is 145 cm³/mol. The van der Waals surface area contributed by atoms with Crippen LogP contribution in [0.4, 0.5) is 0 Å². The molecule has 0 unspecified atom stereocenters. The van der Waals surface area contributed by atoms with Gasteiger partial charge in [0.2, 0.25) is 0 Å². The fraction of sp³-hybridized carbons (Fsp3) is 0.143. The summed E-state index contributed by atoms with van der Waals surface area (Å²) in [6.45, 7) is 0.617. The maximum Gasteiger partial charge on any atom is -0.0134 e. The standard InChI is InChI=1S/C18H15P.C10H14NO2.BrH.Pd/c1-4-10-16(11-5-1)19(17-12-6-2-7-13-17)18-14-8-3-9-15-18;1-12-9-4-3-8(5-6-11)7-10(9)13-2;;/h1-15H;3-4H,5-6,11H2,1-2H3;1H;/q;-1;;+2/p-1. The molecule has 0 aliphatic carbocycles. The maximum absolute atomic E-state index is 5.43. The van der Waals surface area contributed by atoms with E-state index in [0.717, 1.165) is 12.0 Å². The molecule has 6 heteroatoms. The smallest absolute Gasteiger partial charge is 0.0134 e. The van der Waals surface area contributed by atoms with Crippen LogP contribution in [0.5, 0.6) is 11.5 Å². The molecular weight excluding hydrogens is 600 g/mol. The van der Waals surface area contributed by atoms with Gasteiger partial charge in [-0.1, -0.05) is 91.0 Å². The summed E-state index contributed by atoms with van der Waals surface area (Å²) in [7, 11) is 2.76. The van der Waals surface area contributed by atoms with Gasteiger partial charge in [0.1, 0.15) is 0 Å². The summed E-state index contributed by atoms with van der Waals surface area (Å²) in [6, 6.07) is 39.2. The molecule has 4 aromatic rings. The monoisotopic (exact) mass is 627 g/mol. The minimum Gasteiger partial charge on any atom is -0.0622 e. The van der Waals surface area contributed by atoms with E-state index >= 15 is 0 Å². The van der Waals surface area contributed by atoms with E-state index in [0.29, 0.717) is 18.0 Å². The Morgan fingerprint density at radius 3 is 1.50 bits per heavy atom. The summed E-state index contributed by atoms with van der Waals surface area (Å²) >= 11 is 5.35. The Balaban J connectivity index is 0.000000239. The first kappa shape index (κ1) is 28.3. The molecule has 180 valence electrons. The first-order valence-electron chi connectivity index (χ1n) is 10.7. The van der Waals surface area contributed by atoms with Crippen molar-refractivity contribution < 1.29 is 26.7 Å². The Labute approximate surface area is 222 Å². The molecule has 0 saturated heterocycles. The number of hydrogen-bond donors (Lipinski definition) is 1. The number of rotatable bonds is 7. The third-order valence-electron chi connectivity index (χ3n) is 4.81. The molecule has 0 saturated carbocycles. The molecule has 0 atom stereocenters. The van der Waals surface area contributed by atoms with Crippen LogP contribution in [0.15, 0.2) is 103 Å². The maximum atomic E-state index is 5.43. The first-order chi connectivity index (χ1) is 16.8. The van der Waals surface area contributed by atoms with E-state index in [-0.39, 0.29) is 0 Å². The van der Waals surface area contributed by atoms with Crippen LogP contribution in [0.1, 0.15) is 5.56 Å². The van der Waals surface area contributed by atoms with E-state index in [1.54, 1.807) is 14.2 Å². The predicted octanol–water partition coefficient (Wildman–Crippen LogP) is 5.29. The fourth-order valence-electron chi connectivity index (χ4n) is 3.29. The molecule has 0 fully saturated rings. The molecule has 0 radical (unpaired) electrons. The molecule has 0 spiro atoms. The zero-order valence-corrected chi connectivity index (χ0v) is 23.3. The van der Waals surface area contributed by atoms with Crippen LogP contribution in [0.25, 0.3) is 0 Å². The molecule has 0 heterocycles. The van der Waals surface area contributed by atoms with E-state index in [4.69, 9.17) is 15.2 Å². The van der Waals surface area contributed by atoms with E-state index in [1.807, 2.05) is 12.1 Å². The summed E-state index contributed by atoms with van der Waals surface area (Å²) < 4.78 is 10.2. The van der Waals surface area contributed by atoms with Crippen molar-refractivity contribution in [3.63, 3.8) is 0 Å². The summed E-state index contributed by atoms with van der Waals surface area (Å²) in [6.07, 6.45) is 0.806. The Bertz CT molecular complexity index is 976. The van der Waals surface area contributed by atoms with Crippen molar-refractivity contribution >= 4 is 37.3 Å². The molecular formula is C28H29BrNO2PPd. The van der Waals surface area contributed by atoms with Crippen LogP contribution in [-0.4, -0.2) is 20.8 Å². The van der Waals surface area contributed by atoms with Gasteiger partial charge in [0.25, 0.3) is 0 Å². The minimum absolute atomic E-state index is 0.446. The van der Waals surface area contributed by atoms with Crippen LogP contribution in [0, 0.1) is 6.07 Å². The first-order valence-corrected chi connectivity index (χ1v) is 15.6. The van der Waals surface area contributed by atoms with E-state index < -0.39 is 7.92 Å². The van der Waals surface area contributed by atoms with Gasteiger partial charge >= 0.3 is 30.6 Å². The summed E-state index contributed by atoms with van der Waals surface area (Å²) in [5.74, 6) is 1.33. The summed E-state index contributed by atoms with van der Waals surface area (Å²) in [4.78, 5) is 0. The second-order valence-electron chi connectivity index (χ2n) is 6.97. The van der Waals surface area contributed by atoms with Crippen LogP contribution in [0.3, 0.4) is 0 Å². The van der Waals surface area contributed by atoms with Crippen molar-refractivity contribution in [3.05, 3.63) is 115 Å². The van der Waals surface area contributed by atoms with Crippen LogP contribution < -0.4 is 31.1 Å². The second kappa shape index (κ2) is 16.6. The topological polar surface area (TPSA) is 44.5 Å². The molecule has 4 aromatic carbocycles. The van der Waals surface area contributed by atoms with Crippen molar-refractivity contribution in [1.82, 2.24) is 0 Å². The van der Waals surface area contributed by atoms with Crippen molar-refractivity contribution in [3.8, 4) is 11.5 Å². The van der Waals surface area contributed by atoms with Gasteiger partial charge in [-0.3, -0.25) is 0 Å². The third-order valence-corrected chi connectivity index (χ3v) is 7.26. The fourth-order valence-corrected chi connectivity index (χ4v) is 5.60. The van der Waals surface area contributed by atoms with Crippen LogP contribution in [0.2, 0.25) is 0 Å². The Morgan fingerprint density at radius 2 is 1.15 bits per heavy atom. The SMILES string of the molecule is COc1[c-]c(CCN)ccc1OC.[Br][Pd+].c1ccc(P(c2ccccc2)c2ccccc2)cc1. The molecule has 0 aromatic heterocycles. The van der Waals surface area contributed by atoms with Gasteiger partial charge in [-0.2, -0.15) is 11.6 Å².